The van der Waals surface area contributed by atoms with Crippen molar-refractivity contribution < 1.29 is 14.4 Å². The molecule has 2 heterocycles. The Morgan fingerprint density at radius 2 is 2.18 bits per heavy atom. The number of ether oxygens (including phenoxy) is 2. The van der Waals surface area contributed by atoms with Crippen molar-refractivity contribution in [3.8, 4) is 5.75 Å². The topological polar surface area (TPSA) is 77.7 Å². The van der Waals surface area contributed by atoms with E-state index in [4.69, 9.17) is 9.47 Å². The molecule has 1 aromatic heterocycles. The molecule has 1 fully saturated rings. The van der Waals surface area contributed by atoms with Crippen LogP contribution >= 0.6 is 0 Å². The Bertz CT molecular complexity index is 671. The summed E-state index contributed by atoms with van der Waals surface area (Å²) < 4.78 is 11.0. The van der Waals surface area contributed by atoms with Crippen LogP contribution in [0.15, 0.2) is 30.5 Å². The fraction of sp³-hybridized carbons (Fsp3) is 0.400. The van der Waals surface area contributed by atoms with Crippen molar-refractivity contribution in [3.05, 3.63) is 40.6 Å². The second-order valence-electron chi connectivity index (χ2n) is 5.08. The molecule has 1 saturated heterocycles. The molecule has 0 radical (unpaired) electrons. The standard InChI is InChI=1S/C15H17N3O4/c19-18(20)14-11-13(10-12-2-1-3-16-15(12)14)22-9-6-17-4-7-21-8-5-17/h1-3,10-11H,4-9H2. The fourth-order valence-corrected chi connectivity index (χ4v) is 2.49. The maximum absolute atomic E-state index is 11.2. The molecule has 0 aliphatic carbocycles. The number of nitro groups is 1. The summed E-state index contributed by atoms with van der Waals surface area (Å²) in [5.41, 5.74) is 0.354. The summed E-state index contributed by atoms with van der Waals surface area (Å²) in [6.07, 6.45) is 1.55. The molecule has 0 bridgehead atoms. The predicted molar refractivity (Wildman–Crippen MR) is 81.2 cm³/mol. The van der Waals surface area contributed by atoms with Gasteiger partial charge in [0, 0.05) is 31.2 Å². The molecule has 1 aliphatic rings. The number of fused-ring (bicyclic) bond motifs is 1. The van der Waals surface area contributed by atoms with Gasteiger partial charge in [-0.3, -0.25) is 15.0 Å². The summed E-state index contributed by atoms with van der Waals surface area (Å²) in [5.74, 6) is 0.500. The van der Waals surface area contributed by atoms with Crippen molar-refractivity contribution in [2.45, 2.75) is 0 Å². The van der Waals surface area contributed by atoms with Crippen molar-refractivity contribution in [2.75, 3.05) is 39.5 Å². The van der Waals surface area contributed by atoms with E-state index >= 15 is 0 Å². The number of nitrogens with zero attached hydrogens (tertiary/aromatic N) is 3. The van der Waals surface area contributed by atoms with Crippen molar-refractivity contribution in [2.24, 2.45) is 0 Å². The largest absolute Gasteiger partial charge is 0.492 e. The van der Waals surface area contributed by atoms with Crippen LogP contribution in [0.1, 0.15) is 0 Å². The van der Waals surface area contributed by atoms with E-state index in [1.807, 2.05) is 0 Å². The number of pyridine rings is 1. The molecule has 1 aromatic carbocycles. The third-order valence-electron chi connectivity index (χ3n) is 3.63. The molecule has 0 amide bonds. The Balaban J connectivity index is 1.71. The molecule has 1 aliphatic heterocycles. The third-order valence-corrected chi connectivity index (χ3v) is 3.63. The van der Waals surface area contributed by atoms with Crippen LogP contribution in [0.25, 0.3) is 10.9 Å². The summed E-state index contributed by atoms with van der Waals surface area (Å²) in [6.45, 7) is 4.54. The number of benzene rings is 1. The summed E-state index contributed by atoms with van der Waals surface area (Å²) >= 11 is 0. The van der Waals surface area contributed by atoms with E-state index in [-0.39, 0.29) is 5.69 Å². The van der Waals surface area contributed by atoms with Crippen LogP contribution in [0.2, 0.25) is 0 Å². The monoisotopic (exact) mass is 303 g/mol. The van der Waals surface area contributed by atoms with Crippen molar-refractivity contribution in [1.82, 2.24) is 9.88 Å². The van der Waals surface area contributed by atoms with Crippen LogP contribution in [0.4, 0.5) is 5.69 Å². The summed E-state index contributed by atoms with van der Waals surface area (Å²) in [6, 6.07) is 6.77. The first-order valence-corrected chi connectivity index (χ1v) is 7.20. The number of hydrogen-bond acceptors (Lipinski definition) is 6. The van der Waals surface area contributed by atoms with Gasteiger partial charge in [0.2, 0.25) is 0 Å². The van der Waals surface area contributed by atoms with Crippen LogP contribution in [-0.2, 0) is 4.74 Å². The molecule has 0 N–H and O–H groups in total. The molecule has 0 spiro atoms. The van der Waals surface area contributed by atoms with Gasteiger partial charge in [-0.1, -0.05) is 6.07 Å². The van der Waals surface area contributed by atoms with Crippen molar-refractivity contribution >= 4 is 16.6 Å². The molecule has 0 unspecified atom stereocenters. The van der Waals surface area contributed by atoms with E-state index in [0.717, 1.165) is 32.8 Å². The van der Waals surface area contributed by atoms with Gasteiger partial charge in [-0.25, -0.2) is 4.98 Å². The molecular formula is C15H17N3O4. The van der Waals surface area contributed by atoms with Gasteiger partial charge in [-0.05, 0) is 12.1 Å². The minimum Gasteiger partial charge on any atom is -0.492 e. The van der Waals surface area contributed by atoms with Gasteiger partial charge in [0.25, 0.3) is 5.69 Å². The molecule has 0 atom stereocenters. The normalized spacial score (nSPS) is 15.8. The van der Waals surface area contributed by atoms with Crippen LogP contribution in [0.5, 0.6) is 5.75 Å². The predicted octanol–water partition coefficient (Wildman–Crippen LogP) is 1.85. The lowest BCUT2D eigenvalue weighted by atomic mass is 10.2. The van der Waals surface area contributed by atoms with E-state index < -0.39 is 4.92 Å². The maximum Gasteiger partial charge on any atom is 0.299 e. The van der Waals surface area contributed by atoms with Gasteiger partial charge >= 0.3 is 0 Å². The van der Waals surface area contributed by atoms with E-state index in [1.165, 1.54) is 6.07 Å². The number of hydrogen-bond donors (Lipinski definition) is 0. The number of morpholine rings is 1. The Kier molecular flexibility index (Phi) is 4.45. The minimum absolute atomic E-state index is 0.0283. The van der Waals surface area contributed by atoms with Gasteiger partial charge in [-0.15, -0.1) is 0 Å². The zero-order chi connectivity index (χ0) is 15.4. The quantitative estimate of drug-likeness (QED) is 0.619. The highest BCUT2D eigenvalue weighted by Crippen LogP contribution is 2.29. The second-order valence-corrected chi connectivity index (χ2v) is 5.08. The number of non-ortho nitro benzene ring substituents is 1. The lowest BCUT2D eigenvalue weighted by Crippen LogP contribution is -2.38. The molecule has 22 heavy (non-hydrogen) atoms. The van der Waals surface area contributed by atoms with Gasteiger partial charge in [0.05, 0.1) is 24.2 Å². The van der Waals surface area contributed by atoms with E-state index in [2.05, 4.69) is 9.88 Å². The maximum atomic E-state index is 11.2. The summed E-state index contributed by atoms with van der Waals surface area (Å²) in [4.78, 5) is 17.1. The Hall–Kier alpha value is -2.25. The van der Waals surface area contributed by atoms with Gasteiger partial charge in [0.1, 0.15) is 17.9 Å². The molecule has 7 heteroatoms. The smallest absolute Gasteiger partial charge is 0.299 e. The van der Waals surface area contributed by atoms with Crippen LogP contribution in [-0.4, -0.2) is 54.3 Å². The lowest BCUT2D eigenvalue weighted by molar-refractivity contribution is -0.383. The second kappa shape index (κ2) is 6.67. The highest BCUT2D eigenvalue weighted by atomic mass is 16.6. The Labute approximate surface area is 127 Å². The highest BCUT2D eigenvalue weighted by molar-refractivity contribution is 5.88. The Morgan fingerprint density at radius 3 is 2.95 bits per heavy atom. The minimum atomic E-state index is -0.426. The van der Waals surface area contributed by atoms with Gasteiger partial charge < -0.3 is 9.47 Å². The lowest BCUT2D eigenvalue weighted by Gasteiger charge is -2.26. The first-order chi connectivity index (χ1) is 10.7. The fourth-order valence-electron chi connectivity index (χ4n) is 2.49. The molecule has 3 rings (SSSR count). The zero-order valence-electron chi connectivity index (χ0n) is 12.1. The first kappa shape index (κ1) is 14.7. The molecule has 7 nitrogen and oxygen atoms in total. The average molecular weight is 303 g/mol. The molecular weight excluding hydrogens is 286 g/mol. The third kappa shape index (κ3) is 3.32. The molecule has 116 valence electrons. The Morgan fingerprint density at radius 1 is 1.36 bits per heavy atom. The van der Waals surface area contributed by atoms with Crippen LogP contribution in [0, 0.1) is 10.1 Å². The molecule has 2 aromatic rings. The van der Waals surface area contributed by atoms with Gasteiger partial charge in [0.15, 0.2) is 0 Å². The van der Waals surface area contributed by atoms with E-state index in [1.54, 1.807) is 24.4 Å². The number of aromatic nitrogens is 1. The SMILES string of the molecule is O=[N+]([O-])c1cc(OCCN2CCOCC2)cc2cccnc12. The highest BCUT2D eigenvalue weighted by Gasteiger charge is 2.16. The van der Waals surface area contributed by atoms with Crippen molar-refractivity contribution in [3.63, 3.8) is 0 Å². The van der Waals surface area contributed by atoms with Crippen molar-refractivity contribution in [1.29, 1.82) is 0 Å². The summed E-state index contributed by atoms with van der Waals surface area (Å²) in [7, 11) is 0. The molecule has 0 saturated carbocycles. The van der Waals surface area contributed by atoms with Gasteiger partial charge in [-0.2, -0.15) is 0 Å². The first-order valence-electron chi connectivity index (χ1n) is 7.20. The van der Waals surface area contributed by atoms with E-state index in [0.29, 0.717) is 23.3 Å². The van der Waals surface area contributed by atoms with Crippen LogP contribution in [0.3, 0.4) is 0 Å². The van der Waals surface area contributed by atoms with E-state index in [9.17, 15) is 10.1 Å². The zero-order valence-corrected chi connectivity index (χ0v) is 12.1. The average Bonchev–Trinajstić information content (AvgIpc) is 2.55. The number of rotatable bonds is 5. The number of nitro benzene ring substituents is 1. The summed E-state index contributed by atoms with van der Waals surface area (Å²) in [5, 5.41) is 11.9. The van der Waals surface area contributed by atoms with Crippen LogP contribution < -0.4 is 4.74 Å².